The molecule has 4 aromatic rings. The average Bonchev–Trinajstić information content (AvgIpc) is 3.72. The smallest absolute Gasteiger partial charge is 0.404 e. The molecular weight excluding hydrogens is 627 g/mol. The fourth-order valence-electron chi connectivity index (χ4n) is 8.22. The van der Waals surface area contributed by atoms with Crippen LogP contribution in [0.1, 0.15) is 50.5 Å². The van der Waals surface area contributed by atoms with Crippen molar-refractivity contribution in [1.29, 1.82) is 0 Å². The van der Waals surface area contributed by atoms with Crippen LogP contribution in [0.5, 0.6) is 11.9 Å². The van der Waals surface area contributed by atoms with Crippen molar-refractivity contribution in [3.8, 4) is 23.1 Å². The van der Waals surface area contributed by atoms with Gasteiger partial charge in [0.15, 0.2) is 5.82 Å². The number of aromatic nitrogens is 5. The normalized spacial score (nSPS) is 23.3. The maximum atomic E-state index is 17.1. The lowest BCUT2D eigenvalue weighted by molar-refractivity contribution is 0.0133. The van der Waals surface area contributed by atoms with E-state index < -0.39 is 11.9 Å². The second-order valence-corrected chi connectivity index (χ2v) is 13.7. The number of amides is 1. The molecule has 1 aromatic carbocycles. The number of H-pyrrole nitrogens is 1. The number of halogens is 2. The molecule has 3 unspecified atom stereocenters. The zero-order chi connectivity index (χ0) is 32.9. The summed E-state index contributed by atoms with van der Waals surface area (Å²) in [5, 5.41) is 20.3. The van der Waals surface area contributed by atoms with Gasteiger partial charge in [-0.2, -0.15) is 15.1 Å². The number of pyridine rings is 1. The van der Waals surface area contributed by atoms with Gasteiger partial charge < -0.3 is 29.7 Å². The van der Waals surface area contributed by atoms with Gasteiger partial charge in [-0.15, -0.1) is 0 Å². The van der Waals surface area contributed by atoms with Crippen molar-refractivity contribution in [2.24, 2.45) is 11.3 Å². The molecule has 0 bridgehead atoms. The Morgan fingerprint density at radius 1 is 1.21 bits per heavy atom. The van der Waals surface area contributed by atoms with Gasteiger partial charge in [0.05, 0.1) is 25.4 Å². The molecule has 1 amide bonds. The van der Waals surface area contributed by atoms with Crippen LogP contribution < -0.4 is 19.7 Å². The first-order valence-corrected chi connectivity index (χ1v) is 16.7. The molecular formula is C33H40ClFN8O4. The number of rotatable bonds is 8. The number of carbonyl (C=O) groups is 1. The number of piperidine rings is 2. The van der Waals surface area contributed by atoms with Gasteiger partial charge >= 0.3 is 12.1 Å². The number of carboxylic acid groups (broad SMARTS) is 1. The molecule has 14 heteroatoms. The van der Waals surface area contributed by atoms with E-state index in [9.17, 15) is 9.90 Å². The van der Waals surface area contributed by atoms with Gasteiger partial charge in [-0.05, 0) is 76.6 Å². The lowest BCUT2D eigenvalue weighted by Crippen LogP contribution is -2.50. The van der Waals surface area contributed by atoms with E-state index >= 15 is 4.39 Å². The Bertz CT molecular complexity index is 1840. The summed E-state index contributed by atoms with van der Waals surface area (Å²) in [5.41, 5.74) is 1.88. The minimum Gasteiger partial charge on any atom is -0.480 e. The van der Waals surface area contributed by atoms with Crippen molar-refractivity contribution < 1.29 is 23.8 Å². The standard InChI is InChI=1S/C33H40ClFN8O4/c1-18-21(34)13-22-20(15-37-41-22)24(18)27-26(35)28-25(30(38-27)46-3)29(43-12-5-7-19(16-43)14-36-32(44)45)40-31(39-28)47-17-33-9-4-8-23(33)42(2)11-6-10-33/h13,15,19,23,36H,4-12,14,16-17H2,1-3H3,(H,37,41)(H,44,45). The van der Waals surface area contributed by atoms with Gasteiger partial charge in [0, 0.05) is 47.1 Å². The van der Waals surface area contributed by atoms with Crippen molar-refractivity contribution in [2.45, 2.75) is 57.9 Å². The maximum absolute atomic E-state index is 17.1. The number of nitrogens with one attached hydrogen (secondary N) is 2. The number of likely N-dealkylation sites (tertiary alicyclic amines) is 1. The molecule has 3 aromatic heterocycles. The highest BCUT2D eigenvalue weighted by Gasteiger charge is 2.47. The zero-order valence-corrected chi connectivity index (χ0v) is 27.7. The minimum atomic E-state index is -1.06. The quantitative estimate of drug-likeness (QED) is 0.211. The van der Waals surface area contributed by atoms with Crippen LogP contribution in [0.15, 0.2) is 12.3 Å². The largest absolute Gasteiger partial charge is 0.480 e. The number of nitrogens with zero attached hydrogens (tertiary/aromatic N) is 6. The second kappa shape index (κ2) is 12.6. The molecule has 47 heavy (non-hydrogen) atoms. The molecule has 12 nitrogen and oxygen atoms in total. The van der Waals surface area contributed by atoms with Crippen molar-refractivity contribution in [3.63, 3.8) is 0 Å². The third-order valence-corrected chi connectivity index (χ3v) is 10.9. The third kappa shape index (κ3) is 5.67. The molecule has 3 atom stereocenters. The molecule has 250 valence electrons. The van der Waals surface area contributed by atoms with Crippen LogP contribution in [-0.4, -0.2) is 94.2 Å². The molecule has 0 spiro atoms. The molecule has 1 aliphatic carbocycles. The lowest BCUT2D eigenvalue weighted by Gasteiger charge is -2.44. The first-order chi connectivity index (χ1) is 22.7. The van der Waals surface area contributed by atoms with Crippen LogP contribution >= 0.6 is 11.6 Å². The molecule has 0 radical (unpaired) electrons. The molecule has 3 fully saturated rings. The van der Waals surface area contributed by atoms with Gasteiger partial charge in [-0.1, -0.05) is 18.0 Å². The van der Waals surface area contributed by atoms with Crippen LogP contribution in [0, 0.1) is 24.1 Å². The molecule has 3 N–H and O–H groups in total. The van der Waals surface area contributed by atoms with Crippen LogP contribution in [0.3, 0.4) is 0 Å². The molecule has 7 rings (SSSR count). The van der Waals surface area contributed by atoms with E-state index in [1.54, 1.807) is 12.3 Å². The predicted molar refractivity (Wildman–Crippen MR) is 177 cm³/mol. The number of anilines is 1. The number of aromatic amines is 1. The maximum Gasteiger partial charge on any atom is 0.404 e. The minimum absolute atomic E-state index is 0.00533. The Morgan fingerprint density at radius 3 is 2.85 bits per heavy atom. The zero-order valence-electron chi connectivity index (χ0n) is 26.9. The SMILES string of the molecule is COc1nc(-c2c(C)c(Cl)cc3[nH]ncc23)c(F)c2nc(OCC34CCCC3N(C)CCC4)nc(N3CCCC(CNC(=O)O)C3)c12. The Morgan fingerprint density at radius 2 is 2.04 bits per heavy atom. The molecule has 3 aliphatic rings. The number of fused-ring (bicyclic) bond motifs is 3. The summed E-state index contributed by atoms with van der Waals surface area (Å²) in [6.07, 6.45) is 7.73. The Balaban J connectivity index is 1.37. The summed E-state index contributed by atoms with van der Waals surface area (Å²) in [4.78, 5) is 30.1. The fourth-order valence-corrected chi connectivity index (χ4v) is 8.42. The predicted octanol–water partition coefficient (Wildman–Crippen LogP) is 5.80. The van der Waals surface area contributed by atoms with Gasteiger partial charge in [0.2, 0.25) is 5.88 Å². The van der Waals surface area contributed by atoms with Crippen LogP contribution in [0.4, 0.5) is 15.0 Å². The van der Waals surface area contributed by atoms with E-state index in [2.05, 4.69) is 27.5 Å². The van der Waals surface area contributed by atoms with Gasteiger partial charge in [-0.25, -0.2) is 14.2 Å². The van der Waals surface area contributed by atoms with Gasteiger partial charge in [-0.3, -0.25) is 5.10 Å². The number of methoxy groups -OCH3 is 1. The summed E-state index contributed by atoms with van der Waals surface area (Å²) in [5.74, 6) is 0.0229. The number of ether oxygens (including phenoxy) is 2. The highest BCUT2D eigenvalue weighted by atomic mass is 35.5. The van der Waals surface area contributed by atoms with Gasteiger partial charge in [0.1, 0.15) is 22.4 Å². The van der Waals surface area contributed by atoms with E-state index in [0.29, 0.717) is 70.5 Å². The Kier molecular flexibility index (Phi) is 8.46. The van der Waals surface area contributed by atoms with E-state index in [-0.39, 0.29) is 34.4 Å². The van der Waals surface area contributed by atoms with E-state index in [1.165, 1.54) is 7.11 Å². The average molecular weight is 667 g/mol. The summed E-state index contributed by atoms with van der Waals surface area (Å²) < 4.78 is 29.4. The van der Waals surface area contributed by atoms with Crippen LogP contribution in [0.2, 0.25) is 5.02 Å². The number of hydrogen-bond donors (Lipinski definition) is 3. The summed E-state index contributed by atoms with van der Waals surface area (Å²) >= 11 is 6.60. The Hall–Kier alpha value is -3.97. The van der Waals surface area contributed by atoms with Gasteiger partial charge in [0.25, 0.3) is 0 Å². The summed E-state index contributed by atoms with van der Waals surface area (Å²) in [6, 6.07) is 2.28. The Labute approximate surface area is 277 Å². The van der Waals surface area contributed by atoms with E-state index in [4.69, 9.17) is 36.0 Å². The fraction of sp³-hybridized carbons (Fsp3) is 0.545. The highest BCUT2D eigenvalue weighted by Crippen LogP contribution is 2.48. The van der Waals surface area contributed by atoms with E-state index in [1.807, 2.05) is 11.8 Å². The highest BCUT2D eigenvalue weighted by molar-refractivity contribution is 6.33. The van der Waals surface area contributed by atoms with E-state index in [0.717, 1.165) is 51.5 Å². The van der Waals surface area contributed by atoms with Crippen molar-refractivity contribution >= 4 is 45.3 Å². The molecule has 1 saturated carbocycles. The van der Waals surface area contributed by atoms with Crippen molar-refractivity contribution in [2.75, 3.05) is 51.8 Å². The van der Waals surface area contributed by atoms with Crippen molar-refractivity contribution in [1.82, 2.24) is 35.4 Å². The molecule has 2 aliphatic heterocycles. The summed E-state index contributed by atoms with van der Waals surface area (Å²) in [7, 11) is 3.68. The first-order valence-electron chi connectivity index (χ1n) is 16.3. The second-order valence-electron chi connectivity index (χ2n) is 13.3. The molecule has 5 heterocycles. The number of hydrogen-bond acceptors (Lipinski definition) is 9. The van der Waals surface area contributed by atoms with Crippen LogP contribution in [-0.2, 0) is 0 Å². The van der Waals surface area contributed by atoms with Crippen molar-refractivity contribution in [3.05, 3.63) is 28.7 Å². The lowest BCUT2D eigenvalue weighted by atomic mass is 9.76. The third-order valence-electron chi connectivity index (χ3n) is 10.5. The molecule has 2 saturated heterocycles. The topological polar surface area (TPSA) is 142 Å². The number of benzene rings is 1. The van der Waals surface area contributed by atoms with Crippen LogP contribution in [0.25, 0.3) is 33.1 Å². The monoisotopic (exact) mass is 666 g/mol. The summed E-state index contributed by atoms with van der Waals surface area (Å²) in [6.45, 7) is 4.79. The first kappa shape index (κ1) is 31.6.